The Morgan fingerprint density at radius 2 is 1.61 bits per heavy atom. The molecule has 0 aliphatic heterocycles. The number of sulfonamides is 1. The van der Waals surface area contributed by atoms with Gasteiger partial charge in [0, 0.05) is 13.6 Å². The van der Waals surface area contributed by atoms with E-state index in [1.807, 2.05) is 0 Å². The summed E-state index contributed by atoms with van der Waals surface area (Å²) in [5.74, 6) is -1.52. The highest BCUT2D eigenvalue weighted by Crippen LogP contribution is 2.14. The second kappa shape index (κ2) is 5.29. The summed E-state index contributed by atoms with van der Waals surface area (Å²) in [6.07, 6.45) is 0. The molecule has 0 spiro atoms. The fourth-order valence-electron chi connectivity index (χ4n) is 1.14. The Bertz CT molecular complexity index is 610. The van der Waals surface area contributed by atoms with Crippen LogP contribution in [-0.2, 0) is 20.2 Å². The predicted molar refractivity (Wildman–Crippen MR) is 61.1 cm³/mol. The molecule has 1 aromatic carbocycles. The lowest BCUT2D eigenvalue weighted by Gasteiger charge is -2.15. The summed E-state index contributed by atoms with van der Waals surface area (Å²) < 4.78 is 69.9. The molecule has 0 saturated carbocycles. The van der Waals surface area contributed by atoms with E-state index in [2.05, 4.69) is 0 Å². The molecule has 0 aliphatic carbocycles. The van der Waals surface area contributed by atoms with Gasteiger partial charge in [-0.2, -0.15) is 12.7 Å². The van der Waals surface area contributed by atoms with Crippen LogP contribution in [0.3, 0.4) is 0 Å². The summed E-state index contributed by atoms with van der Waals surface area (Å²) in [4.78, 5) is -0.192. The largest absolute Gasteiger partial charge is 0.303 e. The van der Waals surface area contributed by atoms with Gasteiger partial charge in [0.2, 0.25) is 10.0 Å². The molecule has 0 bridgehead atoms. The number of hydrogen-bond donors (Lipinski definition) is 0. The van der Waals surface area contributed by atoms with Gasteiger partial charge in [-0.15, -0.1) is 3.89 Å². The van der Waals surface area contributed by atoms with Gasteiger partial charge < -0.3 is 0 Å². The van der Waals surface area contributed by atoms with Gasteiger partial charge in [-0.25, -0.2) is 12.8 Å². The molecule has 0 radical (unpaired) electrons. The summed E-state index contributed by atoms with van der Waals surface area (Å²) in [5, 5.41) is 0. The standard InChI is InChI=1S/C9H11F2NO4S2/c1-12(6-7-17(11,13)14)18(15,16)9-4-2-8(10)3-5-9/h2-5H,6-7H2,1H3. The van der Waals surface area contributed by atoms with E-state index in [-0.39, 0.29) is 4.90 Å². The number of hydrogen-bond acceptors (Lipinski definition) is 4. The van der Waals surface area contributed by atoms with Crippen molar-refractivity contribution in [2.45, 2.75) is 4.90 Å². The van der Waals surface area contributed by atoms with Gasteiger partial charge in [0.1, 0.15) is 5.82 Å². The quantitative estimate of drug-likeness (QED) is 0.752. The molecule has 0 saturated heterocycles. The van der Waals surface area contributed by atoms with Gasteiger partial charge in [0.25, 0.3) is 0 Å². The van der Waals surface area contributed by atoms with Crippen molar-refractivity contribution in [3.8, 4) is 0 Å². The smallest absolute Gasteiger partial charge is 0.207 e. The van der Waals surface area contributed by atoms with E-state index in [1.54, 1.807) is 0 Å². The Morgan fingerprint density at radius 3 is 2.06 bits per heavy atom. The minimum Gasteiger partial charge on any atom is -0.207 e. The highest BCUT2D eigenvalue weighted by molar-refractivity contribution is 7.89. The van der Waals surface area contributed by atoms with Crippen molar-refractivity contribution < 1.29 is 25.1 Å². The maximum Gasteiger partial charge on any atom is 0.303 e. The van der Waals surface area contributed by atoms with E-state index in [0.29, 0.717) is 4.31 Å². The lowest BCUT2D eigenvalue weighted by atomic mass is 10.4. The van der Waals surface area contributed by atoms with Crippen LogP contribution in [0.2, 0.25) is 0 Å². The third-order valence-corrected chi connectivity index (χ3v) is 4.71. The van der Waals surface area contributed by atoms with E-state index < -0.39 is 38.4 Å². The maximum atomic E-state index is 12.6. The van der Waals surface area contributed by atoms with Crippen LogP contribution in [0.4, 0.5) is 8.28 Å². The molecule has 0 N–H and O–H groups in total. The zero-order valence-corrected chi connectivity index (χ0v) is 11.0. The molecule has 18 heavy (non-hydrogen) atoms. The molecular formula is C9H11F2NO4S2. The van der Waals surface area contributed by atoms with Crippen LogP contribution in [0.1, 0.15) is 0 Å². The van der Waals surface area contributed by atoms with Gasteiger partial charge in [-0.3, -0.25) is 0 Å². The average Bonchev–Trinajstić information content (AvgIpc) is 2.25. The van der Waals surface area contributed by atoms with Gasteiger partial charge >= 0.3 is 10.2 Å². The summed E-state index contributed by atoms with van der Waals surface area (Å²) in [6.45, 7) is -0.515. The molecule has 0 aromatic heterocycles. The fraction of sp³-hybridized carbons (Fsp3) is 0.333. The molecule has 0 unspecified atom stereocenters. The third-order valence-electron chi connectivity index (χ3n) is 2.17. The van der Waals surface area contributed by atoms with Gasteiger partial charge in [0.05, 0.1) is 10.6 Å². The van der Waals surface area contributed by atoms with E-state index in [0.717, 1.165) is 31.3 Å². The monoisotopic (exact) mass is 299 g/mol. The summed E-state index contributed by atoms with van der Waals surface area (Å²) in [5.41, 5.74) is 0. The number of rotatable bonds is 5. The fourth-order valence-corrected chi connectivity index (χ4v) is 2.92. The van der Waals surface area contributed by atoms with Crippen molar-refractivity contribution in [2.75, 3.05) is 19.3 Å². The minimum absolute atomic E-state index is 0.192. The van der Waals surface area contributed by atoms with Crippen LogP contribution in [0.15, 0.2) is 29.2 Å². The van der Waals surface area contributed by atoms with Gasteiger partial charge in [-0.05, 0) is 24.3 Å². The SMILES string of the molecule is CN(CCS(=O)(=O)F)S(=O)(=O)c1ccc(F)cc1. The molecule has 0 amide bonds. The van der Waals surface area contributed by atoms with E-state index in [1.165, 1.54) is 0 Å². The first kappa shape index (κ1) is 15.0. The molecule has 1 rings (SSSR count). The second-order valence-corrected chi connectivity index (χ2v) is 7.05. The van der Waals surface area contributed by atoms with Crippen molar-refractivity contribution in [2.24, 2.45) is 0 Å². The lowest BCUT2D eigenvalue weighted by molar-refractivity contribution is 0.479. The maximum absolute atomic E-state index is 12.6. The van der Waals surface area contributed by atoms with Crippen LogP contribution in [0.5, 0.6) is 0 Å². The second-order valence-electron chi connectivity index (χ2n) is 3.52. The molecule has 102 valence electrons. The Labute approximate surface area is 104 Å². The number of benzene rings is 1. The molecule has 0 fully saturated rings. The first-order valence-corrected chi connectivity index (χ1v) is 7.76. The van der Waals surface area contributed by atoms with Crippen molar-refractivity contribution in [1.29, 1.82) is 0 Å². The predicted octanol–water partition coefficient (Wildman–Crippen LogP) is 0.746. The highest BCUT2D eigenvalue weighted by Gasteiger charge is 2.22. The van der Waals surface area contributed by atoms with Gasteiger partial charge in [-0.1, -0.05) is 0 Å². The van der Waals surface area contributed by atoms with Crippen molar-refractivity contribution >= 4 is 20.2 Å². The molecule has 0 heterocycles. The molecule has 5 nitrogen and oxygen atoms in total. The molecule has 1 aromatic rings. The number of halogens is 2. The van der Waals surface area contributed by atoms with Crippen LogP contribution in [0.25, 0.3) is 0 Å². The van der Waals surface area contributed by atoms with Crippen molar-refractivity contribution in [3.05, 3.63) is 30.1 Å². The Kier molecular flexibility index (Phi) is 4.41. The van der Waals surface area contributed by atoms with Crippen LogP contribution >= 0.6 is 0 Å². The van der Waals surface area contributed by atoms with Gasteiger partial charge in [0.15, 0.2) is 0 Å². The van der Waals surface area contributed by atoms with Crippen LogP contribution < -0.4 is 0 Å². The van der Waals surface area contributed by atoms with Crippen LogP contribution in [0, 0.1) is 5.82 Å². The van der Waals surface area contributed by atoms with E-state index in [4.69, 9.17) is 0 Å². The topological polar surface area (TPSA) is 71.5 Å². The Balaban J connectivity index is 2.90. The molecule has 0 aliphatic rings. The Hall–Kier alpha value is -1.06. The molecule has 9 heteroatoms. The first-order valence-electron chi connectivity index (χ1n) is 4.77. The highest BCUT2D eigenvalue weighted by atomic mass is 32.3. The Morgan fingerprint density at radius 1 is 1.11 bits per heavy atom. The van der Waals surface area contributed by atoms with Crippen LogP contribution in [-0.4, -0.2) is 40.5 Å². The lowest BCUT2D eigenvalue weighted by Crippen LogP contribution is -2.31. The van der Waals surface area contributed by atoms with E-state index in [9.17, 15) is 25.1 Å². The van der Waals surface area contributed by atoms with Crippen molar-refractivity contribution in [3.63, 3.8) is 0 Å². The minimum atomic E-state index is -4.73. The van der Waals surface area contributed by atoms with E-state index >= 15 is 0 Å². The third kappa shape index (κ3) is 4.00. The number of nitrogens with zero attached hydrogens (tertiary/aromatic N) is 1. The molecular weight excluding hydrogens is 288 g/mol. The normalized spacial score (nSPS) is 12.9. The molecule has 0 atom stereocenters. The van der Waals surface area contributed by atoms with Crippen molar-refractivity contribution in [1.82, 2.24) is 4.31 Å². The summed E-state index contributed by atoms with van der Waals surface area (Å²) in [6, 6.07) is 4.02. The zero-order chi connectivity index (χ0) is 14.0. The summed E-state index contributed by atoms with van der Waals surface area (Å²) >= 11 is 0. The average molecular weight is 299 g/mol. The zero-order valence-electron chi connectivity index (χ0n) is 9.38. The first-order chi connectivity index (χ1) is 8.13. The summed E-state index contributed by atoms with van der Waals surface area (Å²) in [7, 11) is -7.56.